The van der Waals surface area contributed by atoms with E-state index in [-0.39, 0.29) is 12.0 Å². The third kappa shape index (κ3) is 2.87. The van der Waals surface area contributed by atoms with Crippen LogP contribution in [0.2, 0.25) is 0 Å². The van der Waals surface area contributed by atoms with E-state index >= 15 is 0 Å². The molecular weight excluding hydrogens is 390 g/mol. The van der Waals surface area contributed by atoms with Crippen LogP contribution in [0, 0.1) is 0 Å². The highest BCUT2D eigenvalue weighted by atomic mass is 79.9. The van der Waals surface area contributed by atoms with Gasteiger partial charge in [0, 0.05) is 16.7 Å². The van der Waals surface area contributed by atoms with Crippen molar-refractivity contribution in [1.82, 2.24) is 4.72 Å². The van der Waals surface area contributed by atoms with E-state index in [0.717, 1.165) is 34.1 Å². The van der Waals surface area contributed by atoms with Crippen molar-refractivity contribution in [3.63, 3.8) is 0 Å². The molecule has 7 heteroatoms. The second-order valence-corrected chi connectivity index (χ2v) is 8.46. The lowest BCUT2D eigenvalue weighted by molar-refractivity contribution is 0.583. The minimum absolute atomic E-state index is 0.228. The van der Waals surface area contributed by atoms with Crippen molar-refractivity contribution in [1.29, 1.82) is 0 Å². The van der Waals surface area contributed by atoms with Crippen molar-refractivity contribution in [2.75, 3.05) is 5.32 Å². The number of benzene rings is 2. The molecule has 2 aliphatic rings. The number of fused-ring (bicyclic) bond motifs is 2. The summed E-state index contributed by atoms with van der Waals surface area (Å²) in [5, 5.41) is 3.18. The molecule has 0 saturated heterocycles. The molecule has 1 aliphatic heterocycles. The SMILES string of the molecule is O=S(=O)(N=C1Nc2ccc(Br)cc2C12CC2)NCc1ccccc1. The van der Waals surface area contributed by atoms with E-state index < -0.39 is 10.2 Å². The molecule has 0 bridgehead atoms. The fourth-order valence-corrected chi connectivity index (χ4v) is 4.30. The summed E-state index contributed by atoms with van der Waals surface area (Å²) in [6.45, 7) is 0.228. The number of amidine groups is 1. The minimum Gasteiger partial charge on any atom is -0.342 e. The lowest BCUT2D eigenvalue weighted by Crippen LogP contribution is -2.27. The largest absolute Gasteiger partial charge is 0.342 e. The van der Waals surface area contributed by atoms with Gasteiger partial charge in [0.15, 0.2) is 0 Å². The maximum Gasteiger partial charge on any atom is 0.321 e. The van der Waals surface area contributed by atoms with Crippen LogP contribution in [-0.2, 0) is 22.2 Å². The number of hydrogen-bond acceptors (Lipinski definition) is 2. The number of anilines is 1. The molecule has 0 atom stereocenters. The summed E-state index contributed by atoms with van der Waals surface area (Å²) in [4.78, 5) is 0. The van der Waals surface area contributed by atoms with Gasteiger partial charge in [0.2, 0.25) is 0 Å². The molecule has 1 fully saturated rings. The van der Waals surface area contributed by atoms with Crippen LogP contribution in [0.1, 0.15) is 24.0 Å². The normalized spacial score (nSPS) is 19.3. The number of nitrogens with zero attached hydrogens (tertiary/aromatic N) is 1. The first-order valence-corrected chi connectivity index (χ1v) is 9.93. The lowest BCUT2D eigenvalue weighted by atomic mass is 9.98. The Morgan fingerprint density at radius 3 is 2.62 bits per heavy atom. The zero-order valence-electron chi connectivity index (χ0n) is 12.8. The van der Waals surface area contributed by atoms with Gasteiger partial charge in [0.25, 0.3) is 0 Å². The predicted molar refractivity (Wildman–Crippen MR) is 98.3 cm³/mol. The molecule has 2 N–H and O–H groups in total. The van der Waals surface area contributed by atoms with Crippen LogP contribution in [0.5, 0.6) is 0 Å². The molecule has 124 valence electrons. The van der Waals surface area contributed by atoms with Gasteiger partial charge in [0.05, 0.1) is 5.41 Å². The first-order chi connectivity index (χ1) is 11.5. The van der Waals surface area contributed by atoms with Crippen molar-refractivity contribution >= 4 is 37.7 Å². The van der Waals surface area contributed by atoms with Crippen LogP contribution in [0.15, 0.2) is 57.4 Å². The van der Waals surface area contributed by atoms with E-state index in [9.17, 15) is 8.42 Å². The molecule has 0 unspecified atom stereocenters. The van der Waals surface area contributed by atoms with Gasteiger partial charge >= 0.3 is 10.2 Å². The second-order valence-electron chi connectivity index (χ2n) is 6.12. The van der Waals surface area contributed by atoms with Gasteiger partial charge in [-0.05, 0) is 42.2 Å². The Hall–Kier alpha value is -1.70. The molecule has 0 radical (unpaired) electrons. The maximum absolute atomic E-state index is 12.3. The zero-order valence-corrected chi connectivity index (χ0v) is 15.2. The van der Waals surface area contributed by atoms with Crippen molar-refractivity contribution in [3.05, 3.63) is 64.1 Å². The molecule has 24 heavy (non-hydrogen) atoms. The van der Waals surface area contributed by atoms with E-state index in [2.05, 4.69) is 30.4 Å². The fraction of sp³-hybridized carbons (Fsp3) is 0.235. The zero-order chi connectivity index (χ0) is 16.8. The Labute approximate surface area is 149 Å². The van der Waals surface area contributed by atoms with Crippen LogP contribution in [0.4, 0.5) is 5.69 Å². The van der Waals surface area contributed by atoms with Crippen molar-refractivity contribution in [2.45, 2.75) is 24.8 Å². The molecule has 1 saturated carbocycles. The third-order valence-corrected chi connectivity index (χ3v) is 5.89. The van der Waals surface area contributed by atoms with Gasteiger partial charge in [-0.1, -0.05) is 46.3 Å². The smallest absolute Gasteiger partial charge is 0.321 e. The second kappa shape index (κ2) is 5.68. The third-order valence-electron chi connectivity index (χ3n) is 4.47. The summed E-state index contributed by atoms with van der Waals surface area (Å²) in [5.41, 5.74) is 2.69. The maximum atomic E-state index is 12.3. The molecule has 2 aromatic carbocycles. The lowest BCUT2D eigenvalue weighted by Gasteiger charge is -2.09. The van der Waals surface area contributed by atoms with Crippen molar-refractivity contribution < 1.29 is 8.42 Å². The first-order valence-electron chi connectivity index (χ1n) is 7.70. The molecule has 0 amide bonds. The van der Waals surface area contributed by atoms with Gasteiger partial charge in [-0.3, -0.25) is 0 Å². The number of rotatable bonds is 4. The topological polar surface area (TPSA) is 70.6 Å². The summed E-state index contributed by atoms with van der Waals surface area (Å²) >= 11 is 3.48. The standard InChI is InChI=1S/C17H16BrN3O2S/c18-13-6-7-15-14(10-13)17(8-9-17)16(20-15)21-24(22,23)19-11-12-4-2-1-3-5-12/h1-7,10,19H,8-9,11H2,(H,20,21). The molecule has 4 rings (SSSR count). The number of hydrogen-bond donors (Lipinski definition) is 2. The minimum atomic E-state index is -3.76. The Bertz CT molecular complexity index is 922. The molecule has 5 nitrogen and oxygen atoms in total. The van der Waals surface area contributed by atoms with Crippen molar-refractivity contribution in [3.8, 4) is 0 Å². The van der Waals surface area contributed by atoms with Crippen LogP contribution in [0.3, 0.4) is 0 Å². The van der Waals surface area contributed by atoms with Gasteiger partial charge in [-0.15, -0.1) is 4.40 Å². The van der Waals surface area contributed by atoms with Gasteiger partial charge < -0.3 is 5.32 Å². The molecule has 1 spiro atoms. The average Bonchev–Trinajstić information content (AvgIpc) is 3.31. The van der Waals surface area contributed by atoms with Crippen LogP contribution in [0.25, 0.3) is 0 Å². The van der Waals surface area contributed by atoms with E-state index in [4.69, 9.17) is 0 Å². The molecule has 2 aromatic rings. The van der Waals surface area contributed by atoms with Crippen LogP contribution in [-0.4, -0.2) is 14.3 Å². The van der Waals surface area contributed by atoms with E-state index in [1.165, 1.54) is 0 Å². The van der Waals surface area contributed by atoms with E-state index in [1.807, 2.05) is 48.5 Å². The first kappa shape index (κ1) is 15.8. The highest BCUT2D eigenvalue weighted by Gasteiger charge is 2.55. The van der Waals surface area contributed by atoms with E-state index in [1.54, 1.807) is 0 Å². The summed E-state index contributed by atoms with van der Waals surface area (Å²) in [6, 6.07) is 15.3. The van der Waals surface area contributed by atoms with Gasteiger partial charge in [-0.25, -0.2) is 0 Å². The van der Waals surface area contributed by atoms with Crippen LogP contribution < -0.4 is 10.0 Å². The van der Waals surface area contributed by atoms with Crippen LogP contribution >= 0.6 is 15.9 Å². The van der Waals surface area contributed by atoms with E-state index in [0.29, 0.717) is 5.84 Å². The Balaban J connectivity index is 1.58. The van der Waals surface area contributed by atoms with Gasteiger partial charge in [0.1, 0.15) is 5.84 Å². The average molecular weight is 406 g/mol. The highest BCUT2D eigenvalue weighted by Crippen LogP contribution is 2.56. The Kier molecular flexibility index (Phi) is 3.74. The fourth-order valence-electron chi connectivity index (χ4n) is 3.06. The predicted octanol–water partition coefficient (Wildman–Crippen LogP) is 3.34. The quantitative estimate of drug-likeness (QED) is 0.818. The molecule has 0 aromatic heterocycles. The van der Waals surface area contributed by atoms with Gasteiger partial charge in [-0.2, -0.15) is 13.1 Å². The van der Waals surface area contributed by atoms with Crippen molar-refractivity contribution in [2.24, 2.45) is 4.40 Å². The molecule has 1 heterocycles. The Morgan fingerprint density at radius 1 is 1.17 bits per heavy atom. The summed E-state index contributed by atoms with van der Waals surface area (Å²) in [7, 11) is -3.76. The molecular formula is C17H16BrN3O2S. The monoisotopic (exact) mass is 405 g/mol. The molecule has 1 aliphatic carbocycles. The highest BCUT2D eigenvalue weighted by molar-refractivity contribution is 9.10. The Morgan fingerprint density at radius 2 is 1.92 bits per heavy atom. The number of nitrogens with one attached hydrogen (secondary N) is 2. The summed E-state index contributed by atoms with van der Waals surface area (Å²) < 4.78 is 32.3. The number of halogens is 1. The summed E-state index contributed by atoms with van der Waals surface area (Å²) in [5.74, 6) is 0.524. The summed E-state index contributed by atoms with van der Waals surface area (Å²) in [6.07, 6.45) is 1.83.